The van der Waals surface area contributed by atoms with Crippen molar-refractivity contribution >= 4 is 38.9 Å². The lowest BCUT2D eigenvalue weighted by Crippen LogP contribution is -2.50. The predicted octanol–water partition coefficient (Wildman–Crippen LogP) is 2.65. The maximum Gasteiger partial charge on any atom is 0.258 e. The van der Waals surface area contributed by atoms with Crippen LogP contribution in [0, 0.1) is 11.8 Å². The molecule has 0 bridgehead atoms. The molecule has 4 rings (SSSR count). The van der Waals surface area contributed by atoms with Crippen LogP contribution in [0.1, 0.15) is 37.0 Å². The van der Waals surface area contributed by atoms with Crippen LogP contribution in [0.25, 0.3) is 0 Å². The highest BCUT2D eigenvalue weighted by molar-refractivity contribution is 7.91. The zero-order valence-corrected chi connectivity index (χ0v) is 23.5. The van der Waals surface area contributed by atoms with Crippen molar-refractivity contribution < 1.29 is 32.6 Å². The summed E-state index contributed by atoms with van der Waals surface area (Å²) in [6, 6.07) is 7.75. The summed E-state index contributed by atoms with van der Waals surface area (Å²) >= 11 is 1.14. The monoisotopic (exact) mass is 565 g/mol. The lowest BCUT2D eigenvalue weighted by molar-refractivity contribution is -0.122. The number of amides is 2. The van der Waals surface area contributed by atoms with Gasteiger partial charge in [0.2, 0.25) is 5.91 Å². The van der Waals surface area contributed by atoms with Gasteiger partial charge in [-0.15, -0.1) is 11.3 Å². The fraction of sp³-hybridized carbons (Fsp3) is 0.538. The van der Waals surface area contributed by atoms with Crippen LogP contribution in [0.5, 0.6) is 5.75 Å². The molecule has 0 spiro atoms. The third-order valence-corrected chi connectivity index (χ3v) is 10.3. The van der Waals surface area contributed by atoms with Crippen LogP contribution in [-0.2, 0) is 19.6 Å². The molecule has 1 aromatic carbocycles. The van der Waals surface area contributed by atoms with E-state index in [0.717, 1.165) is 11.3 Å². The first-order valence-corrected chi connectivity index (χ1v) is 15.1. The number of carbonyl (C=O) groups excluding carboxylic acids is 2. The summed E-state index contributed by atoms with van der Waals surface area (Å²) in [6.45, 7) is 4.72. The Morgan fingerprint density at radius 3 is 2.66 bits per heavy atom. The minimum Gasteiger partial charge on any atom is -0.486 e. The number of nitrogens with one attached hydrogen (secondary N) is 1. The average molecular weight is 566 g/mol. The standard InChI is InChI=1S/C26H35N3O7S2/c1-17-14-29(18(2)16-30)26(32)20-6-4-7-21(27-25(31)19-9-11-35-12-10-19)24(20)36-22(17)15-28(3)38(33,34)23-8-5-13-37-23/h4-8,13,17-19,22,30H,9-12,14-16H2,1-3H3,(H,27,31)/t17-,18-,22-/m0/s1. The molecule has 12 heteroatoms. The van der Waals surface area contributed by atoms with Gasteiger partial charge in [0.05, 0.1) is 30.4 Å². The predicted molar refractivity (Wildman–Crippen MR) is 144 cm³/mol. The number of nitrogens with zero attached hydrogens (tertiary/aromatic N) is 2. The van der Waals surface area contributed by atoms with E-state index in [1.807, 2.05) is 6.92 Å². The van der Waals surface area contributed by atoms with E-state index >= 15 is 0 Å². The maximum atomic E-state index is 13.6. The number of fused-ring (bicyclic) bond motifs is 1. The molecule has 3 atom stereocenters. The lowest BCUT2D eigenvalue weighted by atomic mass is 9.98. The molecular formula is C26H35N3O7S2. The third-order valence-electron chi connectivity index (χ3n) is 7.14. The first-order chi connectivity index (χ1) is 18.1. The molecule has 1 saturated heterocycles. The second kappa shape index (κ2) is 12.1. The van der Waals surface area contributed by atoms with E-state index in [1.54, 1.807) is 47.5 Å². The van der Waals surface area contributed by atoms with Crippen molar-refractivity contribution in [2.75, 3.05) is 45.3 Å². The molecule has 38 heavy (non-hydrogen) atoms. The molecule has 0 unspecified atom stereocenters. The first-order valence-electron chi connectivity index (χ1n) is 12.7. The Balaban J connectivity index is 1.69. The highest BCUT2D eigenvalue weighted by atomic mass is 32.2. The van der Waals surface area contributed by atoms with Gasteiger partial charge in [0.15, 0.2) is 5.75 Å². The van der Waals surface area contributed by atoms with Crippen LogP contribution in [0.4, 0.5) is 5.69 Å². The number of hydrogen-bond donors (Lipinski definition) is 2. The molecule has 0 radical (unpaired) electrons. The van der Waals surface area contributed by atoms with Crippen LogP contribution >= 0.6 is 11.3 Å². The van der Waals surface area contributed by atoms with Gasteiger partial charge in [-0.1, -0.05) is 19.1 Å². The largest absolute Gasteiger partial charge is 0.486 e. The van der Waals surface area contributed by atoms with Crippen molar-refractivity contribution in [3.05, 3.63) is 41.3 Å². The van der Waals surface area contributed by atoms with Crippen molar-refractivity contribution in [3.8, 4) is 5.75 Å². The highest BCUT2D eigenvalue weighted by Gasteiger charge is 2.36. The number of aliphatic hydroxyl groups is 1. The van der Waals surface area contributed by atoms with E-state index in [1.165, 1.54) is 11.4 Å². The molecular weight excluding hydrogens is 530 g/mol. The molecule has 2 amide bonds. The summed E-state index contributed by atoms with van der Waals surface area (Å²) in [6.07, 6.45) is 0.567. The number of aliphatic hydroxyl groups excluding tert-OH is 1. The number of rotatable bonds is 8. The first kappa shape index (κ1) is 28.5. The van der Waals surface area contributed by atoms with Crippen LogP contribution < -0.4 is 10.1 Å². The van der Waals surface area contributed by atoms with Gasteiger partial charge < -0.3 is 24.8 Å². The molecule has 208 valence electrons. The van der Waals surface area contributed by atoms with Gasteiger partial charge in [-0.25, -0.2) is 8.42 Å². The molecule has 2 aliphatic rings. The maximum absolute atomic E-state index is 13.6. The topological polar surface area (TPSA) is 125 Å². The van der Waals surface area contributed by atoms with Gasteiger partial charge in [0, 0.05) is 38.6 Å². The number of benzene rings is 1. The van der Waals surface area contributed by atoms with Crippen molar-refractivity contribution in [1.82, 2.24) is 9.21 Å². The number of likely N-dealkylation sites (N-methyl/N-ethyl adjacent to an activating group) is 1. The van der Waals surface area contributed by atoms with Gasteiger partial charge in [-0.3, -0.25) is 9.59 Å². The quantitative estimate of drug-likeness (QED) is 0.504. The number of thiophene rings is 1. The number of hydrogen-bond acceptors (Lipinski definition) is 8. The fourth-order valence-corrected chi connectivity index (χ4v) is 7.05. The number of sulfonamides is 1. The van der Waals surface area contributed by atoms with Crippen LogP contribution in [0.3, 0.4) is 0 Å². The Morgan fingerprint density at radius 1 is 1.26 bits per heavy atom. The smallest absolute Gasteiger partial charge is 0.258 e. The minimum atomic E-state index is -3.74. The number of anilines is 1. The molecule has 0 saturated carbocycles. The van der Waals surface area contributed by atoms with Gasteiger partial charge >= 0.3 is 0 Å². The third kappa shape index (κ3) is 6.04. The molecule has 1 fully saturated rings. The van der Waals surface area contributed by atoms with Crippen molar-refractivity contribution in [2.45, 2.75) is 43.0 Å². The van der Waals surface area contributed by atoms with Crippen molar-refractivity contribution in [1.29, 1.82) is 0 Å². The Labute approximate surface area is 227 Å². The van der Waals surface area contributed by atoms with E-state index < -0.39 is 22.2 Å². The minimum absolute atomic E-state index is 0.0264. The molecule has 3 heterocycles. The molecule has 0 aliphatic carbocycles. The van der Waals surface area contributed by atoms with E-state index in [-0.39, 0.29) is 58.9 Å². The fourth-order valence-electron chi connectivity index (χ4n) is 4.67. The second-order valence-electron chi connectivity index (χ2n) is 9.90. The SMILES string of the molecule is C[C@H]1CN([C@@H](C)CO)C(=O)c2cccc(NC(=O)C3CCOCC3)c2O[C@H]1CN(C)S(=O)(=O)c1cccs1. The Bertz CT molecular complexity index is 1230. The van der Waals surface area contributed by atoms with Gasteiger partial charge in [0.25, 0.3) is 15.9 Å². The number of para-hydroxylation sites is 1. The van der Waals surface area contributed by atoms with Gasteiger partial charge in [-0.2, -0.15) is 4.31 Å². The van der Waals surface area contributed by atoms with Crippen LogP contribution in [-0.4, -0.2) is 86.6 Å². The molecule has 2 aliphatic heterocycles. The van der Waals surface area contributed by atoms with Gasteiger partial charge in [0.1, 0.15) is 10.3 Å². The summed E-state index contributed by atoms with van der Waals surface area (Å²) in [4.78, 5) is 28.3. The Morgan fingerprint density at radius 2 is 2.00 bits per heavy atom. The Hall–Kier alpha value is -2.51. The summed E-state index contributed by atoms with van der Waals surface area (Å²) in [5.41, 5.74) is 0.600. The zero-order chi connectivity index (χ0) is 27.4. The highest BCUT2D eigenvalue weighted by Crippen LogP contribution is 2.36. The van der Waals surface area contributed by atoms with Gasteiger partial charge in [-0.05, 0) is 43.3 Å². The lowest BCUT2D eigenvalue weighted by Gasteiger charge is -2.38. The zero-order valence-electron chi connectivity index (χ0n) is 21.8. The Kier molecular flexibility index (Phi) is 9.09. The normalized spacial score (nSPS) is 21.8. The molecule has 10 nitrogen and oxygen atoms in total. The summed E-state index contributed by atoms with van der Waals surface area (Å²) in [7, 11) is -2.23. The summed E-state index contributed by atoms with van der Waals surface area (Å²) in [5, 5.41) is 14.5. The van der Waals surface area contributed by atoms with Crippen molar-refractivity contribution in [3.63, 3.8) is 0 Å². The van der Waals surface area contributed by atoms with E-state index in [4.69, 9.17) is 9.47 Å². The molecule has 2 aromatic rings. The number of ether oxygens (including phenoxy) is 2. The second-order valence-corrected chi connectivity index (χ2v) is 13.1. The van der Waals surface area contributed by atoms with E-state index in [9.17, 15) is 23.1 Å². The van der Waals surface area contributed by atoms with E-state index in [2.05, 4.69) is 5.32 Å². The van der Waals surface area contributed by atoms with E-state index in [0.29, 0.717) is 31.7 Å². The van der Waals surface area contributed by atoms with Crippen LogP contribution in [0.2, 0.25) is 0 Å². The molecule has 1 aromatic heterocycles. The van der Waals surface area contributed by atoms with Crippen LogP contribution in [0.15, 0.2) is 39.9 Å². The molecule has 2 N–H and O–H groups in total. The van der Waals surface area contributed by atoms with Crippen molar-refractivity contribution in [2.24, 2.45) is 11.8 Å². The number of carbonyl (C=O) groups is 2. The summed E-state index contributed by atoms with van der Waals surface area (Å²) < 4.78 is 39.6. The summed E-state index contributed by atoms with van der Waals surface area (Å²) in [5.74, 6) is -0.810. The average Bonchev–Trinajstić information content (AvgIpc) is 3.47.